The van der Waals surface area contributed by atoms with Crippen molar-refractivity contribution in [3.63, 3.8) is 0 Å². The van der Waals surface area contributed by atoms with Crippen LogP contribution in [-0.2, 0) is 10.0 Å². The van der Waals surface area contributed by atoms with Crippen molar-refractivity contribution in [3.8, 4) is 11.5 Å². The van der Waals surface area contributed by atoms with Gasteiger partial charge in [-0.05, 0) is 49.2 Å². The van der Waals surface area contributed by atoms with Gasteiger partial charge in [0.25, 0.3) is 11.8 Å². The number of carbonyl (C=O) groups is 1. The molecule has 0 radical (unpaired) electrons. The van der Waals surface area contributed by atoms with Gasteiger partial charge in [0.1, 0.15) is 0 Å². The molecule has 1 fully saturated rings. The van der Waals surface area contributed by atoms with Crippen molar-refractivity contribution in [2.24, 2.45) is 0 Å². The highest BCUT2D eigenvalue weighted by Crippen LogP contribution is 2.26. The fourth-order valence-electron chi connectivity index (χ4n) is 3.63. The van der Waals surface area contributed by atoms with E-state index in [9.17, 15) is 13.2 Å². The lowest BCUT2D eigenvalue weighted by atomic mass is 9.96. The summed E-state index contributed by atoms with van der Waals surface area (Å²) in [7, 11) is -1.99. The highest BCUT2D eigenvalue weighted by Gasteiger charge is 2.29. The smallest absolute Gasteiger partial charge is 0.322 e. The van der Waals surface area contributed by atoms with Crippen LogP contribution < -0.4 is 5.32 Å². The summed E-state index contributed by atoms with van der Waals surface area (Å²) in [6.45, 7) is 0. The molecule has 1 saturated carbocycles. The lowest BCUT2D eigenvalue weighted by Gasteiger charge is -2.30. The summed E-state index contributed by atoms with van der Waals surface area (Å²) in [4.78, 5) is 16.6. The van der Waals surface area contributed by atoms with E-state index in [1.165, 1.54) is 28.6 Å². The van der Waals surface area contributed by atoms with Crippen LogP contribution in [0.1, 0.15) is 42.5 Å². The second-order valence-electron chi connectivity index (χ2n) is 7.45. The zero-order valence-corrected chi connectivity index (χ0v) is 17.9. The number of benzene rings is 1. The number of nitrogens with one attached hydrogen (secondary N) is 1. The summed E-state index contributed by atoms with van der Waals surface area (Å²) in [6, 6.07) is 9.28. The maximum Gasteiger partial charge on any atom is 0.322 e. The first-order valence-electron chi connectivity index (χ1n) is 10.1. The summed E-state index contributed by atoms with van der Waals surface area (Å²) in [6.07, 6.45) is 8.19. The number of sulfonamides is 1. The van der Waals surface area contributed by atoms with E-state index in [1.807, 2.05) is 0 Å². The van der Waals surface area contributed by atoms with Gasteiger partial charge in [0.15, 0.2) is 0 Å². The normalized spacial score (nSPS) is 15.2. The Bertz CT molecular complexity index is 1140. The minimum absolute atomic E-state index is 0.0215. The van der Waals surface area contributed by atoms with E-state index in [1.54, 1.807) is 31.6 Å². The molecule has 1 aliphatic carbocycles. The number of hydrogen-bond donors (Lipinski definition) is 1. The molecule has 1 aliphatic rings. The van der Waals surface area contributed by atoms with Crippen molar-refractivity contribution in [2.45, 2.75) is 43.0 Å². The number of nitrogens with zero attached hydrogens (tertiary/aromatic N) is 4. The molecular weight excluding hydrogens is 418 g/mol. The molecular formula is C21H23N5O4S. The first-order valence-corrected chi connectivity index (χ1v) is 11.5. The zero-order valence-electron chi connectivity index (χ0n) is 17.1. The Morgan fingerprint density at radius 2 is 1.84 bits per heavy atom. The Balaban J connectivity index is 1.44. The summed E-state index contributed by atoms with van der Waals surface area (Å²) >= 11 is 0. The summed E-state index contributed by atoms with van der Waals surface area (Å²) in [5.41, 5.74) is 0.910. The predicted molar refractivity (Wildman–Crippen MR) is 114 cm³/mol. The van der Waals surface area contributed by atoms with Crippen molar-refractivity contribution in [2.75, 3.05) is 12.4 Å². The lowest BCUT2D eigenvalue weighted by Crippen LogP contribution is -2.38. The molecule has 1 N–H and O–H groups in total. The molecule has 2 heterocycles. The number of hydrogen-bond acceptors (Lipinski definition) is 7. The van der Waals surface area contributed by atoms with Gasteiger partial charge in [0.05, 0.1) is 10.5 Å². The van der Waals surface area contributed by atoms with Crippen LogP contribution in [0.5, 0.6) is 0 Å². The van der Waals surface area contributed by atoms with Gasteiger partial charge >= 0.3 is 6.01 Å². The standard InChI is InChI=1S/C21H23N5O4S/c1-26(17-7-3-2-4-8-17)31(28,29)18-11-9-15(10-12-18)19(27)23-21-25-24-20(30-21)16-6-5-13-22-14-16/h5-6,9-14,17H,2-4,7-8H2,1H3,(H,23,25,27). The molecule has 4 rings (SSSR count). The SMILES string of the molecule is CN(C1CCCCC1)S(=O)(=O)c1ccc(C(=O)Nc2nnc(-c3cccnc3)o2)cc1. The second kappa shape index (κ2) is 8.94. The van der Waals surface area contributed by atoms with Gasteiger partial charge in [0, 0.05) is 31.0 Å². The summed E-state index contributed by atoms with van der Waals surface area (Å²) in [5.74, 6) is -0.249. The zero-order chi connectivity index (χ0) is 21.8. The minimum Gasteiger partial charge on any atom is -0.403 e. The molecule has 0 aliphatic heterocycles. The second-order valence-corrected chi connectivity index (χ2v) is 9.44. The van der Waals surface area contributed by atoms with Crippen LogP contribution in [0.3, 0.4) is 0 Å². The fraction of sp³-hybridized carbons (Fsp3) is 0.333. The average Bonchev–Trinajstić information content (AvgIpc) is 3.28. The molecule has 0 unspecified atom stereocenters. The largest absolute Gasteiger partial charge is 0.403 e. The molecule has 3 aromatic rings. The van der Waals surface area contributed by atoms with Gasteiger partial charge in [-0.1, -0.05) is 24.4 Å². The molecule has 0 atom stereocenters. The monoisotopic (exact) mass is 441 g/mol. The van der Waals surface area contributed by atoms with Crippen LogP contribution in [0, 0.1) is 0 Å². The van der Waals surface area contributed by atoms with Gasteiger partial charge in [0.2, 0.25) is 10.0 Å². The quantitative estimate of drug-likeness (QED) is 0.623. The van der Waals surface area contributed by atoms with Gasteiger partial charge in [-0.3, -0.25) is 15.1 Å². The first kappa shape index (κ1) is 21.1. The molecule has 10 heteroatoms. The van der Waals surface area contributed by atoms with Crippen LogP contribution in [0.2, 0.25) is 0 Å². The third kappa shape index (κ3) is 4.64. The van der Waals surface area contributed by atoms with Crippen molar-refractivity contribution in [3.05, 3.63) is 54.4 Å². The van der Waals surface area contributed by atoms with E-state index in [4.69, 9.17) is 4.42 Å². The molecule has 1 aromatic carbocycles. The van der Waals surface area contributed by atoms with Gasteiger partial charge in [-0.25, -0.2) is 8.42 Å². The molecule has 1 amide bonds. The Kier molecular flexibility index (Phi) is 6.10. The fourth-order valence-corrected chi connectivity index (χ4v) is 5.05. The average molecular weight is 442 g/mol. The molecule has 0 spiro atoms. The third-order valence-electron chi connectivity index (χ3n) is 5.44. The highest BCUT2D eigenvalue weighted by atomic mass is 32.2. The van der Waals surface area contributed by atoms with Crippen LogP contribution in [-0.4, -0.2) is 46.9 Å². The Hall–Kier alpha value is -3.11. The molecule has 0 bridgehead atoms. The maximum absolute atomic E-state index is 12.9. The predicted octanol–water partition coefficient (Wildman–Crippen LogP) is 3.34. The van der Waals surface area contributed by atoms with E-state index < -0.39 is 15.9 Å². The summed E-state index contributed by atoms with van der Waals surface area (Å²) < 4.78 is 32.8. The van der Waals surface area contributed by atoms with E-state index in [2.05, 4.69) is 20.5 Å². The van der Waals surface area contributed by atoms with E-state index in [0.717, 1.165) is 32.1 Å². The van der Waals surface area contributed by atoms with Gasteiger partial charge in [-0.2, -0.15) is 4.31 Å². The number of pyridine rings is 1. The number of aromatic nitrogens is 3. The van der Waals surface area contributed by atoms with Crippen molar-refractivity contribution < 1.29 is 17.6 Å². The number of carbonyl (C=O) groups excluding carboxylic acids is 1. The molecule has 9 nitrogen and oxygen atoms in total. The van der Waals surface area contributed by atoms with Crippen molar-refractivity contribution >= 4 is 21.9 Å². The molecule has 0 saturated heterocycles. The van der Waals surface area contributed by atoms with Crippen LogP contribution in [0.4, 0.5) is 6.01 Å². The Morgan fingerprint density at radius 1 is 1.10 bits per heavy atom. The lowest BCUT2D eigenvalue weighted by molar-refractivity contribution is 0.102. The Labute approximate surface area is 180 Å². The number of anilines is 1. The number of rotatable bonds is 6. The van der Waals surface area contributed by atoms with Crippen LogP contribution >= 0.6 is 0 Å². The third-order valence-corrected chi connectivity index (χ3v) is 7.36. The minimum atomic E-state index is -3.61. The van der Waals surface area contributed by atoms with E-state index >= 15 is 0 Å². The maximum atomic E-state index is 12.9. The van der Waals surface area contributed by atoms with Crippen LogP contribution in [0.25, 0.3) is 11.5 Å². The van der Waals surface area contributed by atoms with E-state index in [-0.39, 0.29) is 28.4 Å². The van der Waals surface area contributed by atoms with Gasteiger partial charge in [-0.15, -0.1) is 5.10 Å². The number of amides is 1. The highest BCUT2D eigenvalue weighted by molar-refractivity contribution is 7.89. The topological polar surface area (TPSA) is 118 Å². The molecule has 162 valence electrons. The van der Waals surface area contributed by atoms with Crippen LogP contribution in [0.15, 0.2) is 58.1 Å². The summed E-state index contributed by atoms with van der Waals surface area (Å²) in [5, 5.41) is 10.2. The van der Waals surface area contributed by atoms with Crippen molar-refractivity contribution in [1.29, 1.82) is 0 Å². The Morgan fingerprint density at radius 3 is 2.52 bits per heavy atom. The molecule has 2 aromatic heterocycles. The first-order chi connectivity index (χ1) is 14.9. The molecule has 31 heavy (non-hydrogen) atoms. The van der Waals surface area contributed by atoms with Gasteiger partial charge < -0.3 is 4.42 Å². The van der Waals surface area contributed by atoms with E-state index in [0.29, 0.717) is 5.56 Å². The van der Waals surface area contributed by atoms with Crippen molar-refractivity contribution in [1.82, 2.24) is 19.5 Å².